The summed E-state index contributed by atoms with van der Waals surface area (Å²) in [5, 5.41) is 11.7. The highest BCUT2D eigenvalue weighted by Gasteiger charge is 2.34. The second kappa shape index (κ2) is 6.03. The van der Waals surface area contributed by atoms with E-state index in [2.05, 4.69) is 5.32 Å². The van der Waals surface area contributed by atoms with Gasteiger partial charge in [-0.25, -0.2) is 4.39 Å². The fourth-order valence-corrected chi connectivity index (χ4v) is 2.68. The molecule has 3 atom stereocenters. The van der Waals surface area contributed by atoms with E-state index < -0.39 is 17.9 Å². The maximum absolute atomic E-state index is 13.6. The second-order valence-electron chi connectivity index (χ2n) is 5.30. The van der Waals surface area contributed by atoms with Gasteiger partial charge in [0.15, 0.2) is 0 Å². The fourth-order valence-electron chi connectivity index (χ4n) is 2.68. The minimum absolute atomic E-state index is 0.190. The van der Waals surface area contributed by atoms with E-state index in [-0.39, 0.29) is 17.6 Å². The Balaban J connectivity index is 1.95. The molecule has 0 heterocycles. The second-order valence-corrected chi connectivity index (χ2v) is 5.30. The summed E-state index contributed by atoms with van der Waals surface area (Å²) in [5.41, 5.74) is 0.439. The quantitative estimate of drug-likeness (QED) is 0.890. The van der Waals surface area contributed by atoms with Gasteiger partial charge >= 0.3 is 5.97 Å². The van der Waals surface area contributed by atoms with Crippen molar-refractivity contribution in [1.29, 1.82) is 0 Å². The van der Waals surface area contributed by atoms with Gasteiger partial charge in [0.2, 0.25) is 5.91 Å². The molecule has 0 radical (unpaired) electrons. The van der Waals surface area contributed by atoms with Gasteiger partial charge in [-0.2, -0.15) is 0 Å². The van der Waals surface area contributed by atoms with Crippen LogP contribution in [0, 0.1) is 17.7 Å². The lowest BCUT2D eigenvalue weighted by Gasteiger charge is -2.18. The van der Waals surface area contributed by atoms with Crippen molar-refractivity contribution in [3.8, 4) is 0 Å². The molecule has 1 amide bonds. The lowest BCUT2D eigenvalue weighted by Crippen LogP contribution is -2.32. The SMILES string of the molecule is CC(NC(=O)[C@@H]1CC[C@H](C(=O)O)C1)c1ccccc1F. The zero-order valence-corrected chi connectivity index (χ0v) is 11.3. The van der Waals surface area contributed by atoms with Crippen LogP contribution in [-0.4, -0.2) is 17.0 Å². The lowest BCUT2D eigenvalue weighted by atomic mass is 10.0. The molecular formula is C15H18FNO3. The van der Waals surface area contributed by atoms with Crippen LogP contribution >= 0.6 is 0 Å². The Morgan fingerprint density at radius 3 is 2.55 bits per heavy atom. The van der Waals surface area contributed by atoms with Crippen molar-refractivity contribution in [2.45, 2.75) is 32.2 Å². The molecule has 2 rings (SSSR count). The van der Waals surface area contributed by atoms with E-state index in [1.165, 1.54) is 6.07 Å². The highest BCUT2D eigenvalue weighted by Crippen LogP contribution is 2.31. The molecule has 1 aromatic carbocycles. The maximum atomic E-state index is 13.6. The molecule has 1 fully saturated rings. The number of carbonyl (C=O) groups excluding carboxylic acids is 1. The number of halogens is 1. The van der Waals surface area contributed by atoms with Crippen LogP contribution in [0.3, 0.4) is 0 Å². The Bertz CT molecular complexity index is 518. The largest absolute Gasteiger partial charge is 0.481 e. The van der Waals surface area contributed by atoms with E-state index in [0.29, 0.717) is 24.8 Å². The maximum Gasteiger partial charge on any atom is 0.306 e. The minimum atomic E-state index is -0.845. The van der Waals surface area contributed by atoms with Crippen LogP contribution in [0.1, 0.15) is 37.8 Å². The summed E-state index contributed by atoms with van der Waals surface area (Å²) in [6.45, 7) is 1.72. The van der Waals surface area contributed by atoms with E-state index >= 15 is 0 Å². The molecule has 1 aliphatic carbocycles. The number of carboxylic acids is 1. The van der Waals surface area contributed by atoms with Gasteiger partial charge in [0.05, 0.1) is 12.0 Å². The molecule has 20 heavy (non-hydrogen) atoms. The molecule has 0 bridgehead atoms. The number of carboxylic acid groups (broad SMARTS) is 1. The van der Waals surface area contributed by atoms with Crippen LogP contribution in [0.2, 0.25) is 0 Å². The van der Waals surface area contributed by atoms with Crippen LogP contribution in [0.5, 0.6) is 0 Å². The molecule has 1 aromatic rings. The van der Waals surface area contributed by atoms with Crippen LogP contribution in [0.15, 0.2) is 24.3 Å². The summed E-state index contributed by atoms with van der Waals surface area (Å²) in [5.74, 6) is -2.11. The van der Waals surface area contributed by atoms with Crippen LogP contribution < -0.4 is 5.32 Å². The fraction of sp³-hybridized carbons (Fsp3) is 0.467. The molecule has 1 unspecified atom stereocenters. The normalized spacial score (nSPS) is 23.3. The van der Waals surface area contributed by atoms with Crippen molar-refractivity contribution < 1.29 is 19.1 Å². The first kappa shape index (κ1) is 14.5. The number of hydrogen-bond acceptors (Lipinski definition) is 2. The highest BCUT2D eigenvalue weighted by atomic mass is 19.1. The van der Waals surface area contributed by atoms with E-state index in [1.54, 1.807) is 25.1 Å². The zero-order valence-electron chi connectivity index (χ0n) is 11.3. The minimum Gasteiger partial charge on any atom is -0.481 e. The standard InChI is InChI=1S/C15H18FNO3/c1-9(12-4-2-3-5-13(12)16)17-14(18)10-6-7-11(8-10)15(19)20/h2-5,9-11H,6-8H2,1H3,(H,17,18)(H,19,20)/t9?,10-,11+/m1/s1. The molecule has 0 spiro atoms. The van der Waals surface area contributed by atoms with Crippen molar-refractivity contribution in [2.24, 2.45) is 11.8 Å². The molecule has 1 aliphatic rings. The monoisotopic (exact) mass is 279 g/mol. The molecule has 2 N–H and O–H groups in total. The summed E-state index contributed by atoms with van der Waals surface area (Å²) >= 11 is 0. The lowest BCUT2D eigenvalue weighted by molar-refractivity contribution is -0.141. The van der Waals surface area contributed by atoms with Crippen molar-refractivity contribution in [2.75, 3.05) is 0 Å². The van der Waals surface area contributed by atoms with E-state index in [0.717, 1.165) is 0 Å². The molecule has 0 saturated heterocycles. The van der Waals surface area contributed by atoms with Crippen LogP contribution in [0.25, 0.3) is 0 Å². The van der Waals surface area contributed by atoms with Gasteiger partial charge in [0.25, 0.3) is 0 Å². The zero-order chi connectivity index (χ0) is 14.7. The number of amides is 1. The van der Waals surface area contributed by atoms with Crippen molar-refractivity contribution in [3.05, 3.63) is 35.6 Å². The number of nitrogens with one attached hydrogen (secondary N) is 1. The molecular weight excluding hydrogens is 261 g/mol. The summed E-state index contributed by atoms with van der Waals surface area (Å²) in [7, 11) is 0. The van der Waals surface area contributed by atoms with E-state index in [4.69, 9.17) is 5.11 Å². The van der Waals surface area contributed by atoms with E-state index in [9.17, 15) is 14.0 Å². The van der Waals surface area contributed by atoms with Gasteiger partial charge in [-0.3, -0.25) is 9.59 Å². The summed E-state index contributed by atoms with van der Waals surface area (Å²) < 4.78 is 13.6. The van der Waals surface area contributed by atoms with E-state index in [1.807, 2.05) is 0 Å². The molecule has 5 heteroatoms. The number of carbonyl (C=O) groups is 2. The third kappa shape index (κ3) is 3.15. The predicted octanol–water partition coefficient (Wildman–Crippen LogP) is 2.50. The molecule has 108 valence electrons. The predicted molar refractivity (Wildman–Crippen MR) is 71.4 cm³/mol. The molecule has 0 aliphatic heterocycles. The first-order chi connectivity index (χ1) is 9.49. The summed E-state index contributed by atoms with van der Waals surface area (Å²) in [6, 6.07) is 5.88. The first-order valence-corrected chi connectivity index (χ1v) is 6.76. The smallest absolute Gasteiger partial charge is 0.306 e. The van der Waals surface area contributed by atoms with Gasteiger partial charge in [0, 0.05) is 11.5 Å². The Morgan fingerprint density at radius 1 is 1.30 bits per heavy atom. The first-order valence-electron chi connectivity index (χ1n) is 6.76. The average Bonchev–Trinajstić information content (AvgIpc) is 2.88. The number of hydrogen-bond donors (Lipinski definition) is 2. The highest BCUT2D eigenvalue weighted by molar-refractivity contribution is 5.81. The van der Waals surface area contributed by atoms with Crippen LogP contribution in [0.4, 0.5) is 4.39 Å². The summed E-state index contributed by atoms with van der Waals surface area (Å²) in [4.78, 5) is 23.0. The summed E-state index contributed by atoms with van der Waals surface area (Å²) in [6.07, 6.45) is 1.47. The third-order valence-electron chi connectivity index (χ3n) is 3.88. The van der Waals surface area contributed by atoms with Gasteiger partial charge < -0.3 is 10.4 Å². The topological polar surface area (TPSA) is 66.4 Å². The third-order valence-corrected chi connectivity index (χ3v) is 3.88. The molecule has 0 aromatic heterocycles. The Labute approximate surface area is 117 Å². The van der Waals surface area contributed by atoms with Crippen molar-refractivity contribution in [3.63, 3.8) is 0 Å². The van der Waals surface area contributed by atoms with Gasteiger partial charge in [-0.1, -0.05) is 18.2 Å². The van der Waals surface area contributed by atoms with Gasteiger partial charge in [-0.05, 0) is 32.3 Å². The Morgan fingerprint density at radius 2 is 1.95 bits per heavy atom. The molecule has 4 nitrogen and oxygen atoms in total. The van der Waals surface area contributed by atoms with Crippen LogP contribution in [-0.2, 0) is 9.59 Å². The van der Waals surface area contributed by atoms with Gasteiger partial charge in [-0.15, -0.1) is 0 Å². The number of rotatable bonds is 4. The van der Waals surface area contributed by atoms with Crippen molar-refractivity contribution in [1.82, 2.24) is 5.32 Å². The Hall–Kier alpha value is -1.91. The average molecular weight is 279 g/mol. The molecule has 1 saturated carbocycles. The van der Waals surface area contributed by atoms with Crippen molar-refractivity contribution >= 4 is 11.9 Å². The number of aliphatic carboxylic acids is 1. The van der Waals surface area contributed by atoms with Gasteiger partial charge in [0.1, 0.15) is 5.82 Å². The Kier molecular flexibility index (Phi) is 4.37. The number of benzene rings is 1.